The number of nitrogens with zero attached hydrogens (tertiary/aromatic N) is 1. The Balaban J connectivity index is 2.05. The average molecular weight is 226 g/mol. The van der Waals surface area contributed by atoms with Crippen molar-refractivity contribution in [3.63, 3.8) is 0 Å². The van der Waals surface area contributed by atoms with Crippen LogP contribution in [0.1, 0.15) is 6.42 Å². The van der Waals surface area contributed by atoms with Crippen molar-refractivity contribution in [2.24, 2.45) is 0 Å². The standard InChI is InChI=1S/C10H14N2O2S/c1-15-12-9-3-2-5-11-10(9)14-8-4-6-13-7-8/h2-3,5,8,12H,4,6-7H2,1H3/t8-/m1/s1. The van der Waals surface area contributed by atoms with E-state index < -0.39 is 0 Å². The molecule has 2 heterocycles. The van der Waals surface area contributed by atoms with Crippen molar-refractivity contribution < 1.29 is 9.47 Å². The van der Waals surface area contributed by atoms with Crippen LogP contribution in [0.4, 0.5) is 5.69 Å². The second-order valence-corrected chi connectivity index (χ2v) is 3.88. The lowest BCUT2D eigenvalue weighted by atomic mass is 10.3. The lowest BCUT2D eigenvalue weighted by Gasteiger charge is -2.13. The topological polar surface area (TPSA) is 43.4 Å². The molecule has 0 saturated carbocycles. The fourth-order valence-corrected chi connectivity index (χ4v) is 1.81. The molecule has 1 fully saturated rings. The van der Waals surface area contributed by atoms with Crippen molar-refractivity contribution in [3.8, 4) is 5.88 Å². The zero-order chi connectivity index (χ0) is 10.5. The zero-order valence-corrected chi connectivity index (χ0v) is 9.42. The second kappa shape index (κ2) is 5.23. The normalized spacial score (nSPS) is 20.2. The third-order valence-electron chi connectivity index (χ3n) is 2.15. The number of rotatable bonds is 4. The van der Waals surface area contributed by atoms with Gasteiger partial charge in [-0.2, -0.15) is 0 Å². The summed E-state index contributed by atoms with van der Waals surface area (Å²) in [6.07, 6.45) is 4.78. The molecule has 1 aromatic rings. The molecule has 0 bridgehead atoms. The first-order valence-electron chi connectivity index (χ1n) is 4.88. The molecule has 2 rings (SSSR count). The highest BCUT2D eigenvalue weighted by molar-refractivity contribution is 7.99. The Labute approximate surface area is 93.5 Å². The smallest absolute Gasteiger partial charge is 0.238 e. The minimum Gasteiger partial charge on any atom is -0.470 e. The van der Waals surface area contributed by atoms with Crippen LogP contribution in [0, 0.1) is 0 Å². The highest BCUT2D eigenvalue weighted by atomic mass is 32.2. The Kier molecular flexibility index (Phi) is 3.69. The number of anilines is 1. The van der Waals surface area contributed by atoms with E-state index in [1.54, 1.807) is 6.20 Å². The molecule has 0 aliphatic carbocycles. The largest absolute Gasteiger partial charge is 0.470 e. The Morgan fingerprint density at radius 2 is 2.60 bits per heavy atom. The van der Waals surface area contributed by atoms with Crippen LogP contribution in [-0.4, -0.2) is 30.6 Å². The van der Waals surface area contributed by atoms with Gasteiger partial charge in [0.15, 0.2) is 0 Å². The molecule has 0 spiro atoms. The summed E-state index contributed by atoms with van der Waals surface area (Å²) in [5, 5.41) is 0. The molecule has 0 amide bonds. The number of ether oxygens (including phenoxy) is 2. The van der Waals surface area contributed by atoms with Crippen molar-refractivity contribution in [2.45, 2.75) is 12.5 Å². The Morgan fingerprint density at radius 1 is 1.67 bits per heavy atom. The molecule has 1 aromatic heterocycles. The molecule has 1 N–H and O–H groups in total. The summed E-state index contributed by atoms with van der Waals surface area (Å²) in [4.78, 5) is 4.21. The molecular formula is C10H14N2O2S. The lowest BCUT2D eigenvalue weighted by molar-refractivity contribution is 0.138. The summed E-state index contributed by atoms with van der Waals surface area (Å²) in [6, 6.07) is 3.84. The number of hydrogen-bond acceptors (Lipinski definition) is 5. The van der Waals surface area contributed by atoms with Gasteiger partial charge in [0.2, 0.25) is 5.88 Å². The van der Waals surface area contributed by atoms with Gasteiger partial charge in [-0.25, -0.2) is 4.98 Å². The minimum absolute atomic E-state index is 0.141. The van der Waals surface area contributed by atoms with Crippen LogP contribution in [0.25, 0.3) is 0 Å². The molecule has 0 radical (unpaired) electrons. The van der Waals surface area contributed by atoms with Gasteiger partial charge in [-0.3, -0.25) is 0 Å². The van der Waals surface area contributed by atoms with Crippen molar-refractivity contribution in [1.29, 1.82) is 0 Å². The Bertz CT molecular complexity index is 316. The van der Waals surface area contributed by atoms with Crippen molar-refractivity contribution in [3.05, 3.63) is 18.3 Å². The summed E-state index contributed by atoms with van der Waals surface area (Å²) in [5.74, 6) is 0.655. The predicted molar refractivity (Wildman–Crippen MR) is 61.2 cm³/mol. The Hall–Kier alpha value is -0.940. The van der Waals surface area contributed by atoms with Crippen LogP contribution in [0.2, 0.25) is 0 Å². The first-order valence-corrected chi connectivity index (χ1v) is 6.11. The number of nitrogens with one attached hydrogen (secondary N) is 1. The average Bonchev–Trinajstić information content (AvgIpc) is 2.74. The predicted octanol–water partition coefficient (Wildman–Crippen LogP) is 1.94. The summed E-state index contributed by atoms with van der Waals surface area (Å²) in [7, 11) is 0. The molecular weight excluding hydrogens is 212 g/mol. The van der Waals surface area contributed by atoms with E-state index in [0.717, 1.165) is 18.7 Å². The maximum atomic E-state index is 5.75. The molecule has 1 atom stereocenters. The van der Waals surface area contributed by atoms with Crippen molar-refractivity contribution >= 4 is 17.6 Å². The second-order valence-electron chi connectivity index (χ2n) is 3.27. The molecule has 1 saturated heterocycles. The van der Waals surface area contributed by atoms with E-state index in [0.29, 0.717) is 12.5 Å². The van der Waals surface area contributed by atoms with Gasteiger partial charge in [0.05, 0.1) is 13.2 Å². The van der Waals surface area contributed by atoms with Gasteiger partial charge in [0.1, 0.15) is 11.8 Å². The van der Waals surface area contributed by atoms with Crippen LogP contribution in [0.3, 0.4) is 0 Å². The fourth-order valence-electron chi connectivity index (χ4n) is 1.44. The molecule has 1 aliphatic heterocycles. The maximum absolute atomic E-state index is 5.75. The monoisotopic (exact) mass is 226 g/mol. The number of pyridine rings is 1. The highest BCUT2D eigenvalue weighted by Crippen LogP contribution is 2.25. The van der Waals surface area contributed by atoms with E-state index in [1.165, 1.54) is 11.9 Å². The van der Waals surface area contributed by atoms with Gasteiger partial charge in [-0.1, -0.05) is 11.9 Å². The number of aromatic nitrogens is 1. The van der Waals surface area contributed by atoms with Gasteiger partial charge in [-0.05, 0) is 12.1 Å². The van der Waals surface area contributed by atoms with Crippen molar-refractivity contribution in [1.82, 2.24) is 4.98 Å². The van der Waals surface area contributed by atoms with Crippen LogP contribution < -0.4 is 9.46 Å². The van der Waals surface area contributed by atoms with Gasteiger partial charge in [0.25, 0.3) is 0 Å². The quantitative estimate of drug-likeness (QED) is 0.795. The molecule has 0 aromatic carbocycles. The lowest BCUT2D eigenvalue weighted by Crippen LogP contribution is -2.17. The van der Waals surface area contributed by atoms with E-state index in [2.05, 4.69) is 9.71 Å². The molecule has 0 unspecified atom stereocenters. The molecule has 1 aliphatic rings. The zero-order valence-electron chi connectivity index (χ0n) is 8.60. The van der Waals surface area contributed by atoms with Gasteiger partial charge < -0.3 is 14.2 Å². The maximum Gasteiger partial charge on any atom is 0.238 e. The molecule has 5 heteroatoms. The van der Waals surface area contributed by atoms with Crippen LogP contribution in [0.15, 0.2) is 18.3 Å². The summed E-state index contributed by atoms with van der Waals surface area (Å²) >= 11 is 1.53. The molecule has 15 heavy (non-hydrogen) atoms. The molecule has 82 valence electrons. The SMILES string of the molecule is CSNc1cccnc1O[C@@H]1CCOC1. The van der Waals surface area contributed by atoms with Gasteiger partial charge >= 0.3 is 0 Å². The number of hydrogen-bond donors (Lipinski definition) is 1. The van der Waals surface area contributed by atoms with Gasteiger partial charge in [0, 0.05) is 18.9 Å². The highest BCUT2D eigenvalue weighted by Gasteiger charge is 2.18. The van der Waals surface area contributed by atoms with Crippen LogP contribution in [-0.2, 0) is 4.74 Å². The Morgan fingerprint density at radius 3 is 3.33 bits per heavy atom. The van der Waals surface area contributed by atoms with E-state index >= 15 is 0 Å². The minimum atomic E-state index is 0.141. The van der Waals surface area contributed by atoms with E-state index in [4.69, 9.17) is 9.47 Å². The summed E-state index contributed by atoms with van der Waals surface area (Å²) in [6.45, 7) is 1.44. The summed E-state index contributed by atoms with van der Waals surface area (Å²) in [5.41, 5.74) is 0.914. The van der Waals surface area contributed by atoms with Crippen LogP contribution >= 0.6 is 11.9 Å². The first-order chi connectivity index (χ1) is 7.40. The van der Waals surface area contributed by atoms with Crippen molar-refractivity contribution in [2.75, 3.05) is 24.2 Å². The fraction of sp³-hybridized carbons (Fsp3) is 0.500. The molecule has 4 nitrogen and oxygen atoms in total. The van der Waals surface area contributed by atoms with E-state index in [-0.39, 0.29) is 6.10 Å². The van der Waals surface area contributed by atoms with Crippen LogP contribution in [0.5, 0.6) is 5.88 Å². The van der Waals surface area contributed by atoms with E-state index in [9.17, 15) is 0 Å². The third-order valence-corrected chi connectivity index (χ3v) is 2.57. The third kappa shape index (κ3) is 2.76. The van der Waals surface area contributed by atoms with E-state index in [1.807, 2.05) is 18.4 Å². The summed E-state index contributed by atoms with van der Waals surface area (Å²) < 4.78 is 14.1. The first kappa shape index (κ1) is 10.6. The van der Waals surface area contributed by atoms with Gasteiger partial charge in [-0.15, -0.1) is 0 Å².